The van der Waals surface area contributed by atoms with Crippen molar-refractivity contribution in [1.82, 2.24) is 9.13 Å². The minimum atomic E-state index is -0.702. The van der Waals surface area contributed by atoms with Gasteiger partial charge in [-0.05, 0) is 24.3 Å². The van der Waals surface area contributed by atoms with E-state index >= 15 is 0 Å². The molecule has 2 aromatic rings. The number of azo groups is 1. The van der Waals surface area contributed by atoms with Crippen molar-refractivity contribution in [1.29, 1.82) is 0 Å². The van der Waals surface area contributed by atoms with Gasteiger partial charge in [0, 0.05) is 18.6 Å². The molecule has 0 radical (unpaired) electrons. The molecule has 104 valence electrons. The number of benzene rings is 1. The molecule has 1 N–H and O–H groups in total. The molecule has 0 fully saturated rings. The first-order valence-electron chi connectivity index (χ1n) is 5.58. The molecule has 0 atom stereocenters. The Bertz CT molecular complexity index is 790. The van der Waals surface area contributed by atoms with Crippen molar-refractivity contribution < 1.29 is 5.11 Å². The molecule has 0 bridgehead atoms. The monoisotopic (exact) mass is 338 g/mol. The highest BCUT2D eigenvalue weighted by atomic mass is 79.9. The summed E-state index contributed by atoms with van der Waals surface area (Å²) < 4.78 is 2.67. The summed E-state index contributed by atoms with van der Waals surface area (Å²) in [6.45, 7) is 0. The van der Waals surface area contributed by atoms with Gasteiger partial charge in [-0.25, -0.2) is 4.79 Å². The molecule has 0 spiro atoms. The summed E-state index contributed by atoms with van der Waals surface area (Å²) >= 11 is 3.29. The van der Waals surface area contributed by atoms with Crippen molar-refractivity contribution in [3.8, 4) is 5.88 Å². The zero-order valence-electron chi connectivity index (χ0n) is 10.7. The third kappa shape index (κ3) is 2.55. The quantitative estimate of drug-likeness (QED) is 0.849. The normalized spacial score (nSPS) is 11.2. The highest BCUT2D eigenvalue weighted by molar-refractivity contribution is 9.10. The van der Waals surface area contributed by atoms with Crippen LogP contribution in [0.2, 0.25) is 0 Å². The largest absolute Gasteiger partial charge is 0.493 e. The standard InChI is InChI=1S/C12H11BrN4O3/c1-16-10(18)9(11(19)17(2)12(16)20)15-14-8-5-3-7(13)4-6-8/h3-6,18H,1-2H3. The first kappa shape index (κ1) is 14.2. The molecule has 20 heavy (non-hydrogen) atoms. The van der Waals surface area contributed by atoms with E-state index in [9.17, 15) is 14.7 Å². The van der Waals surface area contributed by atoms with E-state index in [1.807, 2.05) is 0 Å². The second-order valence-electron chi connectivity index (χ2n) is 4.05. The van der Waals surface area contributed by atoms with Crippen LogP contribution in [0.5, 0.6) is 5.88 Å². The lowest BCUT2D eigenvalue weighted by Gasteiger charge is -2.06. The van der Waals surface area contributed by atoms with Gasteiger partial charge in [0.25, 0.3) is 5.56 Å². The maximum Gasteiger partial charge on any atom is 0.333 e. The van der Waals surface area contributed by atoms with Gasteiger partial charge in [0.1, 0.15) is 0 Å². The Kier molecular flexibility index (Phi) is 3.84. The maximum atomic E-state index is 11.9. The Balaban J connectivity index is 2.52. The van der Waals surface area contributed by atoms with E-state index in [0.717, 1.165) is 13.6 Å². The summed E-state index contributed by atoms with van der Waals surface area (Å²) in [5.74, 6) is -0.515. The predicted octanol–water partition coefficient (Wildman–Crippen LogP) is 1.97. The van der Waals surface area contributed by atoms with Gasteiger partial charge in [-0.2, -0.15) is 5.11 Å². The van der Waals surface area contributed by atoms with Crippen molar-refractivity contribution in [2.45, 2.75) is 0 Å². The number of rotatable bonds is 2. The van der Waals surface area contributed by atoms with Crippen LogP contribution in [-0.4, -0.2) is 14.2 Å². The third-order valence-corrected chi connectivity index (χ3v) is 3.23. The summed E-state index contributed by atoms with van der Waals surface area (Å²) in [7, 11) is 2.65. The van der Waals surface area contributed by atoms with Crippen molar-refractivity contribution in [3.05, 3.63) is 49.6 Å². The maximum absolute atomic E-state index is 11.9. The van der Waals surface area contributed by atoms with Crippen LogP contribution in [0.3, 0.4) is 0 Å². The minimum Gasteiger partial charge on any atom is -0.493 e. The number of nitrogens with zero attached hydrogens (tertiary/aromatic N) is 4. The van der Waals surface area contributed by atoms with Crippen molar-refractivity contribution in [2.24, 2.45) is 24.3 Å². The molecule has 0 amide bonds. The molecule has 1 aromatic carbocycles. The van der Waals surface area contributed by atoms with Crippen LogP contribution in [0.4, 0.5) is 11.4 Å². The number of hydrogen-bond acceptors (Lipinski definition) is 5. The molecule has 0 aliphatic heterocycles. The lowest BCUT2D eigenvalue weighted by molar-refractivity contribution is 0.413. The molecule has 2 rings (SSSR count). The zero-order valence-corrected chi connectivity index (χ0v) is 12.3. The highest BCUT2D eigenvalue weighted by Gasteiger charge is 2.14. The van der Waals surface area contributed by atoms with Gasteiger partial charge in [-0.15, -0.1) is 5.11 Å². The first-order valence-corrected chi connectivity index (χ1v) is 6.37. The molecule has 0 saturated carbocycles. The van der Waals surface area contributed by atoms with E-state index in [4.69, 9.17) is 0 Å². The Hall–Kier alpha value is -2.22. The Morgan fingerprint density at radius 2 is 1.65 bits per heavy atom. The first-order chi connectivity index (χ1) is 9.41. The van der Waals surface area contributed by atoms with Crippen LogP contribution in [0.1, 0.15) is 0 Å². The molecule has 8 heteroatoms. The summed E-state index contributed by atoms with van der Waals surface area (Å²) in [5.41, 5.74) is -1.09. The summed E-state index contributed by atoms with van der Waals surface area (Å²) in [6, 6.07) is 6.92. The molecule has 0 aliphatic carbocycles. The van der Waals surface area contributed by atoms with E-state index < -0.39 is 17.1 Å². The Morgan fingerprint density at radius 1 is 1.05 bits per heavy atom. The van der Waals surface area contributed by atoms with Crippen LogP contribution in [0.15, 0.2) is 48.6 Å². The van der Waals surface area contributed by atoms with E-state index in [1.165, 1.54) is 14.1 Å². The average Bonchev–Trinajstić information content (AvgIpc) is 2.45. The fourth-order valence-electron chi connectivity index (χ4n) is 1.52. The smallest absolute Gasteiger partial charge is 0.333 e. The van der Waals surface area contributed by atoms with Gasteiger partial charge >= 0.3 is 5.69 Å². The van der Waals surface area contributed by atoms with E-state index in [-0.39, 0.29) is 5.69 Å². The molecule has 1 heterocycles. The van der Waals surface area contributed by atoms with Gasteiger partial charge in [0.2, 0.25) is 11.6 Å². The van der Waals surface area contributed by atoms with Gasteiger partial charge in [-0.3, -0.25) is 13.9 Å². The van der Waals surface area contributed by atoms with Crippen LogP contribution < -0.4 is 11.2 Å². The van der Waals surface area contributed by atoms with Gasteiger partial charge in [0.15, 0.2) is 0 Å². The molecular weight excluding hydrogens is 328 g/mol. The lowest BCUT2D eigenvalue weighted by Crippen LogP contribution is -2.36. The zero-order chi connectivity index (χ0) is 14.9. The number of hydrogen-bond donors (Lipinski definition) is 1. The SMILES string of the molecule is Cn1c(O)c(N=Nc2ccc(Br)cc2)c(=O)n(C)c1=O. The fourth-order valence-corrected chi connectivity index (χ4v) is 1.78. The Morgan fingerprint density at radius 3 is 2.25 bits per heavy atom. The molecule has 1 aromatic heterocycles. The number of halogens is 1. The predicted molar refractivity (Wildman–Crippen MR) is 76.9 cm³/mol. The summed E-state index contributed by atoms with van der Waals surface area (Å²) in [4.78, 5) is 23.4. The number of aromatic nitrogens is 2. The lowest BCUT2D eigenvalue weighted by atomic mass is 10.3. The van der Waals surface area contributed by atoms with E-state index in [0.29, 0.717) is 5.69 Å². The second kappa shape index (κ2) is 5.41. The molecule has 0 unspecified atom stereocenters. The number of aromatic hydroxyl groups is 1. The summed E-state index contributed by atoms with van der Waals surface area (Å²) in [6.07, 6.45) is 0. The average molecular weight is 339 g/mol. The van der Waals surface area contributed by atoms with Gasteiger partial charge in [0.05, 0.1) is 5.69 Å². The molecule has 7 nitrogen and oxygen atoms in total. The van der Waals surface area contributed by atoms with E-state index in [1.54, 1.807) is 24.3 Å². The molecule has 0 aliphatic rings. The fraction of sp³-hybridized carbons (Fsp3) is 0.167. The minimum absolute atomic E-state index is 0.280. The van der Waals surface area contributed by atoms with Crippen molar-refractivity contribution in [2.75, 3.05) is 0 Å². The van der Waals surface area contributed by atoms with Crippen LogP contribution in [0, 0.1) is 0 Å². The van der Waals surface area contributed by atoms with Crippen molar-refractivity contribution >= 4 is 27.3 Å². The topological polar surface area (TPSA) is 88.9 Å². The second-order valence-corrected chi connectivity index (χ2v) is 4.97. The van der Waals surface area contributed by atoms with Crippen LogP contribution in [0.25, 0.3) is 0 Å². The van der Waals surface area contributed by atoms with Gasteiger partial charge < -0.3 is 5.11 Å². The third-order valence-electron chi connectivity index (χ3n) is 2.70. The Labute approximate surface area is 122 Å². The van der Waals surface area contributed by atoms with Crippen molar-refractivity contribution in [3.63, 3.8) is 0 Å². The van der Waals surface area contributed by atoms with E-state index in [2.05, 4.69) is 26.2 Å². The molecular formula is C12H11BrN4O3. The summed E-state index contributed by atoms with van der Waals surface area (Å²) in [5, 5.41) is 17.4. The van der Waals surface area contributed by atoms with Crippen LogP contribution >= 0.6 is 15.9 Å². The molecule has 0 saturated heterocycles. The highest BCUT2D eigenvalue weighted by Crippen LogP contribution is 2.23. The van der Waals surface area contributed by atoms with Crippen LogP contribution in [-0.2, 0) is 14.1 Å². The van der Waals surface area contributed by atoms with Gasteiger partial charge in [-0.1, -0.05) is 15.9 Å².